The first-order valence-electron chi connectivity index (χ1n) is 7.10. The number of carbonyl (C=O) groups excluding carboxylic acids is 1. The van der Waals surface area contributed by atoms with Crippen molar-refractivity contribution >= 4 is 12.1 Å². The summed E-state index contributed by atoms with van der Waals surface area (Å²) < 4.78 is 39.4. The second kappa shape index (κ2) is 8.09. The second-order valence-corrected chi connectivity index (χ2v) is 4.61. The van der Waals surface area contributed by atoms with Crippen molar-refractivity contribution in [3.05, 3.63) is 47.4 Å². The molecule has 1 amide bonds. The molecule has 2 aromatic rings. The molecule has 0 spiro atoms. The van der Waals surface area contributed by atoms with Crippen molar-refractivity contribution in [2.24, 2.45) is 5.10 Å². The third kappa shape index (κ3) is 4.55. The summed E-state index contributed by atoms with van der Waals surface area (Å²) in [5, 5.41) is 3.82. The molecule has 0 radical (unpaired) electrons. The molecule has 1 aromatic carbocycles. The molecule has 1 N–H and O–H groups in total. The highest BCUT2D eigenvalue weighted by Crippen LogP contribution is 2.29. The van der Waals surface area contributed by atoms with Gasteiger partial charge in [-0.2, -0.15) is 13.9 Å². The van der Waals surface area contributed by atoms with E-state index >= 15 is 0 Å². The average molecular weight is 338 g/mol. The number of halogens is 2. The summed E-state index contributed by atoms with van der Waals surface area (Å²) in [6.45, 7) is 0.729. The highest BCUT2D eigenvalue weighted by Gasteiger charge is 2.12. The minimum atomic E-state index is -2.94. The van der Waals surface area contributed by atoms with Crippen molar-refractivity contribution in [3.8, 4) is 11.5 Å². The van der Waals surface area contributed by atoms with Gasteiger partial charge >= 0.3 is 6.61 Å². The van der Waals surface area contributed by atoms with Crippen LogP contribution < -0.4 is 14.9 Å². The van der Waals surface area contributed by atoms with Gasteiger partial charge in [-0.25, -0.2) is 5.43 Å². The number of hydrazone groups is 1. The lowest BCUT2D eigenvalue weighted by molar-refractivity contribution is -0.0514. The number of hydrogen-bond donors (Lipinski definition) is 1. The van der Waals surface area contributed by atoms with Crippen molar-refractivity contribution < 1.29 is 27.5 Å². The molecule has 0 aliphatic heterocycles. The van der Waals surface area contributed by atoms with Gasteiger partial charge in [0.2, 0.25) is 0 Å². The predicted molar refractivity (Wildman–Crippen MR) is 82.7 cm³/mol. The maximum absolute atomic E-state index is 12.3. The number of alkyl halides is 2. The molecule has 1 heterocycles. The van der Waals surface area contributed by atoms with Gasteiger partial charge in [0.15, 0.2) is 11.5 Å². The Hall–Kier alpha value is -2.90. The number of nitrogens with zero attached hydrogens (tertiary/aromatic N) is 1. The summed E-state index contributed by atoms with van der Waals surface area (Å²) in [5.74, 6) is 0.163. The summed E-state index contributed by atoms with van der Waals surface area (Å²) in [4.78, 5) is 11.8. The second-order valence-electron chi connectivity index (χ2n) is 4.61. The predicted octanol–water partition coefficient (Wildman–Crippen LogP) is 3.35. The van der Waals surface area contributed by atoms with Crippen LogP contribution in [0.25, 0.3) is 0 Å². The number of carbonyl (C=O) groups is 1. The number of aryl methyl sites for hydroxylation is 1. The molecule has 24 heavy (non-hydrogen) atoms. The Morgan fingerprint density at radius 1 is 1.38 bits per heavy atom. The third-order valence-corrected chi connectivity index (χ3v) is 2.97. The highest BCUT2D eigenvalue weighted by atomic mass is 19.3. The van der Waals surface area contributed by atoms with Crippen LogP contribution in [0.3, 0.4) is 0 Å². The third-order valence-electron chi connectivity index (χ3n) is 2.97. The molecule has 0 aliphatic rings. The topological polar surface area (TPSA) is 73.1 Å². The van der Waals surface area contributed by atoms with E-state index in [0.29, 0.717) is 16.9 Å². The standard InChI is InChI=1S/C16H16F2N2O4/c1-3-22-14-8-11(4-5-13(14)24-16(17)18)9-19-20-15(21)12-6-7-23-10(12)2/h4-9,16H,3H2,1-2H3,(H,20,21)/b19-9-. The molecular weight excluding hydrogens is 322 g/mol. The Kier molecular flexibility index (Phi) is 5.89. The normalized spacial score (nSPS) is 11.0. The lowest BCUT2D eigenvalue weighted by atomic mass is 10.2. The minimum absolute atomic E-state index is 0.0675. The van der Waals surface area contributed by atoms with Crippen LogP contribution >= 0.6 is 0 Å². The average Bonchev–Trinajstić information content (AvgIpc) is 2.95. The molecule has 0 saturated carbocycles. The number of ether oxygens (including phenoxy) is 2. The van der Waals surface area contributed by atoms with Crippen molar-refractivity contribution in [1.29, 1.82) is 0 Å². The Morgan fingerprint density at radius 3 is 2.79 bits per heavy atom. The Labute approximate surface area is 137 Å². The number of nitrogens with one attached hydrogen (secondary N) is 1. The van der Waals surface area contributed by atoms with E-state index in [1.54, 1.807) is 13.8 Å². The van der Waals surface area contributed by atoms with Crippen molar-refractivity contribution in [2.75, 3.05) is 6.61 Å². The monoisotopic (exact) mass is 338 g/mol. The molecule has 0 atom stereocenters. The van der Waals surface area contributed by atoms with Gasteiger partial charge in [0, 0.05) is 0 Å². The minimum Gasteiger partial charge on any atom is -0.490 e. The molecule has 8 heteroatoms. The van der Waals surface area contributed by atoms with Crippen LogP contribution in [0.1, 0.15) is 28.6 Å². The molecule has 0 unspecified atom stereocenters. The van der Waals surface area contributed by atoms with Crippen molar-refractivity contribution in [2.45, 2.75) is 20.5 Å². The van der Waals surface area contributed by atoms with Crippen LogP contribution in [0.15, 0.2) is 40.0 Å². The van der Waals surface area contributed by atoms with Crippen LogP contribution in [0.4, 0.5) is 8.78 Å². The fraction of sp³-hybridized carbons (Fsp3) is 0.250. The van der Waals surface area contributed by atoms with Crippen LogP contribution in [-0.4, -0.2) is 25.3 Å². The molecule has 6 nitrogen and oxygen atoms in total. The number of furan rings is 1. The molecule has 1 aromatic heterocycles. The summed E-state index contributed by atoms with van der Waals surface area (Å²) >= 11 is 0. The molecule has 0 fully saturated rings. The van der Waals surface area contributed by atoms with Crippen LogP contribution in [0, 0.1) is 6.92 Å². The maximum Gasteiger partial charge on any atom is 0.387 e. The summed E-state index contributed by atoms with van der Waals surface area (Å²) in [6.07, 6.45) is 2.77. The molecule has 128 valence electrons. The first-order chi connectivity index (χ1) is 11.5. The fourth-order valence-corrected chi connectivity index (χ4v) is 1.91. The van der Waals surface area contributed by atoms with Crippen molar-refractivity contribution in [1.82, 2.24) is 5.43 Å². The van der Waals surface area contributed by atoms with Crippen LogP contribution in [0.2, 0.25) is 0 Å². The number of hydrogen-bond acceptors (Lipinski definition) is 5. The van der Waals surface area contributed by atoms with Gasteiger partial charge in [0.25, 0.3) is 5.91 Å². The number of amides is 1. The number of benzene rings is 1. The zero-order chi connectivity index (χ0) is 17.5. The molecule has 0 saturated heterocycles. The van der Waals surface area contributed by atoms with E-state index in [4.69, 9.17) is 9.15 Å². The maximum atomic E-state index is 12.3. The van der Waals surface area contributed by atoms with Gasteiger partial charge in [-0.05, 0) is 43.7 Å². The SMILES string of the molecule is CCOc1cc(/C=N\NC(=O)c2ccoc2C)ccc1OC(F)F. The van der Waals surface area contributed by atoms with Crippen molar-refractivity contribution in [3.63, 3.8) is 0 Å². The van der Waals surface area contributed by atoms with E-state index in [9.17, 15) is 13.6 Å². The van der Waals surface area contributed by atoms with E-state index in [1.807, 2.05) is 0 Å². The van der Waals surface area contributed by atoms with Gasteiger partial charge < -0.3 is 13.9 Å². The van der Waals surface area contributed by atoms with Gasteiger partial charge in [-0.3, -0.25) is 4.79 Å². The molecular formula is C16H16F2N2O4. The van der Waals surface area contributed by atoms with Gasteiger partial charge in [0.1, 0.15) is 5.76 Å². The van der Waals surface area contributed by atoms with Gasteiger partial charge in [-0.15, -0.1) is 0 Å². The van der Waals surface area contributed by atoms with Gasteiger partial charge in [-0.1, -0.05) is 0 Å². The first-order valence-corrected chi connectivity index (χ1v) is 7.10. The Bertz CT molecular complexity index is 729. The van der Waals surface area contributed by atoms with Crippen LogP contribution in [-0.2, 0) is 0 Å². The first kappa shape index (κ1) is 17.5. The lowest BCUT2D eigenvalue weighted by Gasteiger charge is -2.11. The smallest absolute Gasteiger partial charge is 0.387 e. The quantitative estimate of drug-likeness (QED) is 0.621. The molecule has 0 aliphatic carbocycles. The van der Waals surface area contributed by atoms with E-state index in [0.717, 1.165) is 0 Å². The van der Waals surface area contributed by atoms with E-state index in [-0.39, 0.29) is 18.1 Å². The van der Waals surface area contributed by atoms with E-state index in [2.05, 4.69) is 15.3 Å². The van der Waals surface area contributed by atoms with E-state index < -0.39 is 12.5 Å². The summed E-state index contributed by atoms with van der Waals surface area (Å²) in [6, 6.07) is 5.88. The molecule has 0 bridgehead atoms. The van der Waals surface area contributed by atoms with E-state index in [1.165, 1.54) is 36.7 Å². The molecule has 2 rings (SSSR count). The Balaban J connectivity index is 2.07. The largest absolute Gasteiger partial charge is 0.490 e. The zero-order valence-corrected chi connectivity index (χ0v) is 13.1. The number of rotatable bonds is 7. The summed E-state index contributed by atoms with van der Waals surface area (Å²) in [5.41, 5.74) is 3.27. The lowest BCUT2D eigenvalue weighted by Crippen LogP contribution is -2.17. The summed E-state index contributed by atoms with van der Waals surface area (Å²) in [7, 11) is 0. The van der Waals surface area contributed by atoms with Crippen LogP contribution in [0.5, 0.6) is 11.5 Å². The zero-order valence-electron chi connectivity index (χ0n) is 13.1. The highest BCUT2D eigenvalue weighted by molar-refractivity contribution is 5.95. The fourth-order valence-electron chi connectivity index (χ4n) is 1.91. The Morgan fingerprint density at radius 2 is 2.17 bits per heavy atom. The van der Waals surface area contributed by atoms with Gasteiger partial charge in [0.05, 0.1) is 24.6 Å².